The summed E-state index contributed by atoms with van der Waals surface area (Å²) in [6.07, 6.45) is 4.38. The molecule has 2 fully saturated rings. The van der Waals surface area contributed by atoms with Gasteiger partial charge in [0.2, 0.25) is 5.91 Å². The average Bonchev–Trinajstić information content (AvgIpc) is 3.26. The highest BCUT2D eigenvalue weighted by molar-refractivity contribution is 5.82. The standard InChI is InChI=1S/C19H28FN3O/c1-15(22-10-4-5-11-22)13-21-19(24)18-9-6-12-23(18)14-16-7-2-3-8-17(16)20/h2-3,7-8,15,18H,4-6,9-14H2,1H3,(H,21,24). The first kappa shape index (κ1) is 17.4. The van der Waals surface area contributed by atoms with Crippen molar-refractivity contribution in [3.05, 3.63) is 35.6 Å². The molecule has 0 bridgehead atoms. The van der Waals surface area contributed by atoms with Crippen LogP contribution in [0.1, 0.15) is 38.2 Å². The van der Waals surface area contributed by atoms with Gasteiger partial charge in [-0.25, -0.2) is 4.39 Å². The molecular formula is C19H28FN3O. The van der Waals surface area contributed by atoms with Crippen molar-refractivity contribution in [3.63, 3.8) is 0 Å². The molecule has 0 saturated carbocycles. The molecule has 2 heterocycles. The Kier molecular flexibility index (Phi) is 5.85. The van der Waals surface area contributed by atoms with Crippen molar-refractivity contribution in [2.24, 2.45) is 0 Å². The maximum atomic E-state index is 13.9. The van der Waals surface area contributed by atoms with Crippen LogP contribution < -0.4 is 5.32 Å². The normalized spacial score (nSPS) is 23.5. The molecule has 2 saturated heterocycles. The Morgan fingerprint density at radius 1 is 1.25 bits per heavy atom. The van der Waals surface area contributed by atoms with Crippen LogP contribution in [0.4, 0.5) is 4.39 Å². The third-order valence-corrected chi connectivity index (χ3v) is 5.33. The van der Waals surface area contributed by atoms with Crippen molar-refractivity contribution in [1.29, 1.82) is 0 Å². The second-order valence-electron chi connectivity index (χ2n) is 7.06. The van der Waals surface area contributed by atoms with Crippen molar-refractivity contribution in [3.8, 4) is 0 Å². The molecule has 1 N–H and O–H groups in total. The predicted octanol–water partition coefficient (Wildman–Crippen LogP) is 2.39. The number of nitrogens with one attached hydrogen (secondary N) is 1. The summed E-state index contributed by atoms with van der Waals surface area (Å²) in [7, 11) is 0. The number of halogens is 1. The van der Waals surface area contributed by atoms with Gasteiger partial charge in [0, 0.05) is 24.7 Å². The van der Waals surface area contributed by atoms with Crippen molar-refractivity contribution in [2.45, 2.75) is 51.2 Å². The first-order chi connectivity index (χ1) is 11.6. The molecule has 24 heavy (non-hydrogen) atoms. The van der Waals surface area contributed by atoms with E-state index in [0.717, 1.165) is 32.5 Å². The number of rotatable bonds is 6. The Labute approximate surface area is 144 Å². The second-order valence-corrected chi connectivity index (χ2v) is 7.06. The van der Waals surface area contributed by atoms with Crippen LogP contribution in [0, 0.1) is 5.82 Å². The lowest BCUT2D eigenvalue weighted by molar-refractivity contribution is -0.125. The molecule has 0 spiro atoms. The summed E-state index contributed by atoms with van der Waals surface area (Å²) >= 11 is 0. The summed E-state index contributed by atoms with van der Waals surface area (Å²) in [4.78, 5) is 17.1. The average molecular weight is 333 g/mol. The molecule has 1 amide bonds. The van der Waals surface area contributed by atoms with Crippen LogP contribution in [-0.4, -0.2) is 54.0 Å². The Morgan fingerprint density at radius 2 is 2.00 bits per heavy atom. The fraction of sp³-hybridized carbons (Fsp3) is 0.632. The van der Waals surface area contributed by atoms with Crippen LogP contribution in [-0.2, 0) is 11.3 Å². The van der Waals surface area contributed by atoms with E-state index in [0.29, 0.717) is 24.7 Å². The molecule has 2 aliphatic heterocycles. The zero-order chi connectivity index (χ0) is 16.9. The van der Waals surface area contributed by atoms with Crippen LogP contribution in [0.25, 0.3) is 0 Å². The van der Waals surface area contributed by atoms with Crippen molar-refractivity contribution in [2.75, 3.05) is 26.2 Å². The molecule has 0 aromatic heterocycles. The molecule has 0 radical (unpaired) electrons. The van der Waals surface area contributed by atoms with Gasteiger partial charge in [0.25, 0.3) is 0 Å². The zero-order valence-corrected chi connectivity index (χ0v) is 14.5. The maximum absolute atomic E-state index is 13.9. The summed E-state index contributed by atoms with van der Waals surface area (Å²) in [5, 5.41) is 3.12. The number of hydrogen-bond acceptors (Lipinski definition) is 3. The Balaban J connectivity index is 1.52. The highest BCUT2D eigenvalue weighted by Crippen LogP contribution is 2.21. The highest BCUT2D eigenvalue weighted by atomic mass is 19.1. The van der Waals surface area contributed by atoms with Gasteiger partial charge in [0.1, 0.15) is 5.82 Å². The Morgan fingerprint density at radius 3 is 2.75 bits per heavy atom. The van der Waals surface area contributed by atoms with E-state index >= 15 is 0 Å². The highest BCUT2D eigenvalue weighted by Gasteiger charge is 2.31. The molecule has 1 aromatic rings. The largest absolute Gasteiger partial charge is 0.353 e. The molecule has 0 aliphatic carbocycles. The van der Waals surface area contributed by atoms with E-state index in [1.54, 1.807) is 12.1 Å². The zero-order valence-electron chi connectivity index (χ0n) is 14.5. The summed E-state index contributed by atoms with van der Waals surface area (Å²) in [6, 6.07) is 7.10. The molecule has 2 atom stereocenters. The monoisotopic (exact) mass is 333 g/mol. The minimum absolute atomic E-state index is 0.0925. The first-order valence-corrected chi connectivity index (χ1v) is 9.14. The van der Waals surface area contributed by atoms with Crippen LogP contribution >= 0.6 is 0 Å². The van der Waals surface area contributed by atoms with Gasteiger partial charge in [-0.3, -0.25) is 14.6 Å². The van der Waals surface area contributed by atoms with Gasteiger partial charge in [0.05, 0.1) is 6.04 Å². The minimum Gasteiger partial charge on any atom is -0.353 e. The fourth-order valence-corrected chi connectivity index (χ4v) is 3.84. The quantitative estimate of drug-likeness (QED) is 0.868. The van der Waals surface area contributed by atoms with E-state index in [1.165, 1.54) is 18.9 Å². The number of likely N-dealkylation sites (tertiary alicyclic amines) is 2. The minimum atomic E-state index is -0.189. The van der Waals surface area contributed by atoms with E-state index in [1.807, 2.05) is 6.07 Å². The van der Waals surface area contributed by atoms with Gasteiger partial charge in [-0.2, -0.15) is 0 Å². The predicted molar refractivity (Wildman–Crippen MR) is 93.1 cm³/mol. The summed E-state index contributed by atoms with van der Waals surface area (Å²) in [6.45, 7) is 6.51. The van der Waals surface area contributed by atoms with Gasteiger partial charge in [-0.05, 0) is 58.3 Å². The van der Waals surface area contributed by atoms with Crippen molar-refractivity contribution >= 4 is 5.91 Å². The van der Waals surface area contributed by atoms with Gasteiger partial charge in [0.15, 0.2) is 0 Å². The Bertz CT molecular complexity index is 559. The number of nitrogens with zero attached hydrogens (tertiary/aromatic N) is 2. The number of benzene rings is 1. The number of carbonyl (C=O) groups is 1. The third kappa shape index (κ3) is 4.14. The Hall–Kier alpha value is -1.46. The second kappa shape index (κ2) is 8.08. The molecule has 2 aliphatic rings. The molecule has 132 valence electrons. The van der Waals surface area contributed by atoms with E-state index < -0.39 is 0 Å². The van der Waals surface area contributed by atoms with Gasteiger partial charge in [-0.1, -0.05) is 18.2 Å². The van der Waals surface area contributed by atoms with E-state index in [4.69, 9.17) is 0 Å². The van der Waals surface area contributed by atoms with E-state index in [-0.39, 0.29) is 17.8 Å². The lowest BCUT2D eigenvalue weighted by Gasteiger charge is -2.27. The van der Waals surface area contributed by atoms with Crippen molar-refractivity contribution in [1.82, 2.24) is 15.1 Å². The third-order valence-electron chi connectivity index (χ3n) is 5.33. The molecule has 5 heteroatoms. The number of amides is 1. The van der Waals surface area contributed by atoms with Gasteiger partial charge < -0.3 is 5.32 Å². The lowest BCUT2D eigenvalue weighted by Crippen LogP contribution is -2.47. The molecule has 3 rings (SSSR count). The van der Waals surface area contributed by atoms with Gasteiger partial charge >= 0.3 is 0 Å². The van der Waals surface area contributed by atoms with Gasteiger partial charge in [-0.15, -0.1) is 0 Å². The number of hydrogen-bond donors (Lipinski definition) is 1. The van der Waals surface area contributed by atoms with Crippen LogP contribution in [0.2, 0.25) is 0 Å². The van der Waals surface area contributed by atoms with E-state index in [9.17, 15) is 9.18 Å². The molecule has 2 unspecified atom stereocenters. The van der Waals surface area contributed by atoms with Crippen molar-refractivity contribution < 1.29 is 9.18 Å². The molecular weight excluding hydrogens is 305 g/mol. The smallest absolute Gasteiger partial charge is 0.237 e. The van der Waals surface area contributed by atoms with Crippen LogP contribution in [0.5, 0.6) is 0 Å². The topological polar surface area (TPSA) is 35.6 Å². The SMILES string of the molecule is CC(CNC(=O)C1CCCN1Cc1ccccc1F)N1CCCC1. The molecule has 1 aromatic carbocycles. The fourth-order valence-electron chi connectivity index (χ4n) is 3.84. The van der Waals surface area contributed by atoms with E-state index in [2.05, 4.69) is 22.0 Å². The lowest BCUT2D eigenvalue weighted by atomic mass is 10.1. The summed E-state index contributed by atoms with van der Waals surface area (Å²) in [5.41, 5.74) is 0.669. The first-order valence-electron chi connectivity index (χ1n) is 9.14. The summed E-state index contributed by atoms with van der Waals surface area (Å²) in [5.74, 6) is -0.0962. The molecule has 4 nitrogen and oxygen atoms in total. The van der Waals surface area contributed by atoms with Crippen LogP contribution in [0.15, 0.2) is 24.3 Å². The number of carbonyl (C=O) groups excluding carboxylic acids is 1. The van der Waals surface area contributed by atoms with Crippen LogP contribution in [0.3, 0.4) is 0 Å². The summed E-state index contributed by atoms with van der Waals surface area (Å²) < 4.78 is 13.9. The maximum Gasteiger partial charge on any atom is 0.237 e.